The van der Waals surface area contributed by atoms with Crippen LogP contribution in [0.4, 0.5) is 5.69 Å². The molecule has 1 aliphatic heterocycles. The molecular weight excluding hydrogens is 270 g/mol. The molecule has 0 N–H and O–H groups in total. The zero-order chi connectivity index (χ0) is 14.0. The van der Waals surface area contributed by atoms with Crippen molar-refractivity contribution in [3.8, 4) is 0 Å². The zero-order valence-electron chi connectivity index (χ0n) is 10.4. The number of rotatable bonds is 2. The number of hydrogen-bond donors (Lipinski definition) is 0. The molecule has 0 radical (unpaired) electrons. The predicted molar refractivity (Wildman–Crippen MR) is 69.4 cm³/mol. The summed E-state index contributed by atoms with van der Waals surface area (Å²) >= 11 is 5.91. The quantitative estimate of drug-likeness (QED) is 0.475. The fourth-order valence-corrected chi connectivity index (χ4v) is 1.75. The number of halogens is 1. The number of carbonyl (C=O) groups is 2. The van der Waals surface area contributed by atoms with E-state index in [4.69, 9.17) is 21.1 Å². The molecule has 2 rings (SSSR count). The van der Waals surface area contributed by atoms with Crippen LogP contribution in [0.5, 0.6) is 0 Å². The van der Waals surface area contributed by atoms with E-state index in [-0.39, 0.29) is 0 Å². The molecule has 19 heavy (non-hydrogen) atoms. The maximum atomic E-state index is 11.7. The monoisotopic (exact) mass is 281 g/mol. The van der Waals surface area contributed by atoms with Gasteiger partial charge in [-0.05, 0) is 12.1 Å². The minimum Gasteiger partial charge on any atom is -0.422 e. The van der Waals surface area contributed by atoms with Crippen molar-refractivity contribution in [2.75, 3.05) is 0 Å². The van der Waals surface area contributed by atoms with Crippen LogP contribution in [0.2, 0.25) is 5.02 Å². The molecule has 1 saturated heterocycles. The summed E-state index contributed by atoms with van der Waals surface area (Å²) in [6.45, 7) is 2.98. The Hall–Kier alpha value is -1.88. The predicted octanol–water partition coefficient (Wildman–Crippen LogP) is 2.49. The molecule has 0 atom stereocenters. The summed E-state index contributed by atoms with van der Waals surface area (Å²) in [6, 6.07) is 6.84. The normalized spacial score (nSPS) is 19.3. The fraction of sp³-hybridized carbons (Fsp3) is 0.308. The molecule has 1 aromatic rings. The molecule has 1 heterocycles. The number of cyclic esters (lactones) is 2. The number of hydrogen-bond acceptors (Lipinski definition) is 5. The third kappa shape index (κ3) is 3.12. The summed E-state index contributed by atoms with van der Waals surface area (Å²) in [5, 5.41) is 0.427. The Morgan fingerprint density at radius 3 is 2.37 bits per heavy atom. The molecule has 0 aromatic heterocycles. The fourth-order valence-electron chi connectivity index (χ4n) is 1.56. The topological polar surface area (TPSA) is 65.0 Å². The summed E-state index contributed by atoms with van der Waals surface area (Å²) in [7, 11) is 0. The molecule has 0 bridgehead atoms. The van der Waals surface area contributed by atoms with Crippen molar-refractivity contribution in [1.29, 1.82) is 0 Å². The third-order valence-electron chi connectivity index (χ3n) is 2.42. The average molecular weight is 282 g/mol. The van der Waals surface area contributed by atoms with Crippen LogP contribution in [-0.2, 0) is 19.1 Å². The second-order valence-electron chi connectivity index (χ2n) is 4.45. The Labute approximate surface area is 115 Å². The molecule has 0 spiro atoms. The lowest BCUT2D eigenvalue weighted by molar-refractivity contribution is -0.235. The number of aliphatic imine (C=N–C) groups is 1. The summed E-state index contributed by atoms with van der Waals surface area (Å²) < 4.78 is 9.94. The molecule has 6 heteroatoms. The standard InChI is InChI=1S/C13H12ClNO4/c1-13(2)18-11(16)8(12(17)19-13)7-15-10-6-4-3-5-9(10)14/h3-8H,1-2H3. The summed E-state index contributed by atoms with van der Waals surface area (Å²) in [4.78, 5) is 27.4. The first-order valence-corrected chi connectivity index (χ1v) is 6.01. The lowest BCUT2D eigenvalue weighted by Gasteiger charge is -2.31. The van der Waals surface area contributed by atoms with Crippen molar-refractivity contribution in [1.82, 2.24) is 0 Å². The smallest absolute Gasteiger partial charge is 0.329 e. The molecule has 0 aliphatic carbocycles. The van der Waals surface area contributed by atoms with Crippen molar-refractivity contribution >= 4 is 35.4 Å². The van der Waals surface area contributed by atoms with E-state index in [2.05, 4.69) is 4.99 Å². The Morgan fingerprint density at radius 1 is 1.21 bits per heavy atom. The zero-order valence-corrected chi connectivity index (χ0v) is 11.2. The van der Waals surface area contributed by atoms with E-state index >= 15 is 0 Å². The van der Waals surface area contributed by atoms with Gasteiger partial charge in [0.1, 0.15) is 0 Å². The van der Waals surface area contributed by atoms with Crippen LogP contribution in [-0.4, -0.2) is 23.9 Å². The molecule has 0 unspecified atom stereocenters. The van der Waals surface area contributed by atoms with E-state index in [0.717, 1.165) is 0 Å². The van der Waals surface area contributed by atoms with Gasteiger partial charge in [-0.25, -0.2) is 0 Å². The van der Waals surface area contributed by atoms with Gasteiger partial charge in [-0.1, -0.05) is 23.7 Å². The van der Waals surface area contributed by atoms with Crippen molar-refractivity contribution in [3.63, 3.8) is 0 Å². The minimum atomic E-state index is -1.23. The van der Waals surface area contributed by atoms with Gasteiger partial charge in [0, 0.05) is 20.1 Å². The van der Waals surface area contributed by atoms with Gasteiger partial charge < -0.3 is 9.47 Å². The summed E-state index contributed by atoms with van der Waals surface area (Å²) in [5.74, 6) is -3.76. The molecule has 5 nitrogen and oxygen atoms in total. The van der Waals surface area contributed by atoms with Crippen LogP contribution < -0.4 is 0 Å². The van der Waals surface area contributed by atoms with Gasteiger partial charge in [-0.3, -0.25) is 14.6 Å². The van der Waals surface area contributed by atoms with E-state index in [1.807, 2.05) is 0 Å². The van der Waals surface area contributed by atoms with Gasteiger partial charge in [0.05, 0.1) is 10.7 Å². The minimum absolute atomic E-state index is 0.427. The van der Waals surface area contributed by atoms with Crippen molar-refractivity contribution in [2.45, 2.75) is 19.6 Å². The van der Waals surface area contributed by atoms with E-state index < -0.39 is 23.6 Å². The largest absolute Gasteiger partial charge is 0.422 e. The van der Waals surface area contributed by atoms with Crippen LogP contribution in [0.15, 0.2) is 29.3 Å². The highest BCUT2D eigenvalue weighted by Gasteiger charge is 2.42. The number of para-hydroxylation sites is 1. The highest BCUT2D eigenvalue weighted by Crippen LogP contribution is 2.25. The molecule has 0 saturated carbocycles. The molecule has 1 aliphatic rings. The van der Waals surface area contributed by atoms with Crippen molar-refractivity contribution < 1.29 is 19.1 Å². The number of nitrogens with zero attached hydrogens (tertiary/aromatic N) is 1. The Bertz CT molecular complexity index is 533. The van der Waals surface area contributed by atoms with E-state index in [1.165, 1.54) is 20.1 Å². The second-order valence-corrected chi connectivity index (χ2v) is 4.86. The van der Waals surface area contributed by atoms with Crippen molar-refractivity contribution in [2.24, 2.45) is 10.9 Å². The Balaban J connectivity index is 2.18. The lowest BCUT2D eigenvalue weighted by Crippen LogP contribution is -2.46. The van der Waals surface area contributed by atoms with Gasteiger partial charge in [0.2, 0.25) is 0 Å². The Kier molecular flexibility index (Phi) is 3.57. The van der Waals surface area contributed by atoms with Gasteiger partial charge in [-0.15, -0.1) is 0 Å². The van der Waals surface area contributed by atoms with Crippen LogP contribution in [0.3, 0.4) is 0 Å². The average Bonchev–Trinajstić information content (AvgIpc) is 2.28. The molecule has 1 fully saturated rings. The number of carbonyl (C=O) groups excluding carboxylic acids is 2. The SMILES string of the molecule is CC1(C)OC(=O)C(C=Nc2ccccc2Cl)C(=O)O1. The number of esters is 2. The van der Waals surface area contributed by atoms with Gasteiger partial charge in [-0.2, -0.15) is 0 Å². The maximum Gasteiger partial charge on any atom is 0.329 e. The third-order valence-corrected chi connectivity index (χ3v) is 2.74. The number of benzene rings is 1. The van der Waals surface area contributed by atoms with Gasteiger partial charge >= 0.3 is 11.9 Å². The first-order chi connectivity index (χ1) is 8.89. The van der Waals surface area contributed by atoms with Crippen molar-refractivity contribution in [3.05, 3.63) is 29.3 Å². The van der Waals surface area contributed by atoms with Gasteiger partial charge in [0.25, 0.3) is 5.79 Å². The first-order valence-electron chi connectivity index (χ1n) is 5.63. The highest BCUT2D eigenvalue weighted by molar-refractivity contribution is 6.33. The number of ether oxygens (including phenoxy) is 2. The van der Waals surface area contributed by atoms with Gasteiger partial charge in [0.15, 0.2) is 5.92 Å². The Morgan fingerprint density at radius 2 is 1.79 bits per heavy atom. The molecule has 0 amide bonds. The molecule has 1 aromatic carbocycles. The maximum absolute atomic E-state index is 11.7. The van der Waals surface area contributed by atoms with Crippen LogP contribution in [0.1, 0.15) is 13.8 Å². The summed E-state index contributed by atoms with van der Waals surface area (Å²) in [6.07, 6.45) is 1.18. The first kappa shape index (κ1) is 13.5. The second kappa shape index (κ2) is 5.01. The van der Waals surface area contributed by atoms with Crippen LogP contribution in [0, 0.1) is 5.92 Å². The van der Waals surface area contributed by atoms with E-state index in [1.54, 1.807) is 24.3 Å². The van der Waals surface area contributed by atoms with Crippen LogP contribution in [0.25, 0.3) is 0 Å². The lowest BCUT2D eigenvalue weighted by atomic mass is 10.1. The van der Waals surface area contributed by atoms with E-state index in [0.29, 0.717) is 10.7 Å². The van der Waals surface area contributed by atoms with E-state index in [9.17, 15) is 9.59 Å². The van der Waals surface area contributed by atoms with Crippen LogP contribution >= 0.6 is 11.6 Å². The highest BCUT2D eigenvalue weighted by atomic mass is 35.5. The summed E-state index contributed by atoms with van der Waals surface area (Å²) in [5.41, 5.74) is 0.467. The molecular formula is C13H12ClNO4. The molecule has 100 valence electrons.